The van der Waals surface area contributed by atoms with E-state index in [-0.39, 0.29) is 22.1 Å². The molecule has 2 heterocycles. The minimum absolute atomic E-state index is 0.0352. The Morgan fingerprint density at radius 1 is 0.881 bits per heavy atom. The molecule has 1 N–H and O–H groups in total. The van der Waals surface area contributed by atoms with Crippen molar-refractivity contribution in [3.63, 3.8) is 0 Å². The van der Waals surface area contributed by atoms with Gasteiger partial charge in [0.25, 0.3) is 0 Å². The fourth-order valence-corrected chi connectivity index (χ4v) is 8.30. The fraction of sp³-hybridized carbons (Fsp3) is 0.257. The van der Waals surface area contributed by atoms with Gasteiger partial charge in [0.2, 0.25) is 5.91 Å². The predicted molar refractivity (Wildman–Crippen MR) is 172 cm³/mol. The third-order valence-corrected chi connectivity index (χ3v) is 10.1. The topological polar surface area (TPSA) is 53.9 Å². The van der Waals surface area contributed by atoms with Crippen LogP contribution >= 0.6 is 23.4 Å². The van der Waals surface area contributed by atoms with Crippen LogP contribution in [0.2, 0.25) is 0 Å². The summed E-state index contributed by atoms with van der Waals surface area (Å²) in [5, 5.41) is 4.27. The zero-order valence-electron chi connectivity index (χ0n) is 23.9. The van der Waals surface area contributed by atoms with Gasteiger partial charge in [0.15, 0.2) is 0 Å². The summed E-state index contributed by atoms with van der Waals surface area (Å²) in [5.74, 6) is 0.834. The number of halogens is 1. The molecule has 214 valence electrons. The van der Waals surface area contributed by atoms with Crippen LogP contribution in [0.3, 0.4) is 0 Å². The van der Waals surface area contributed by atoms with Crippen molar-refractivity contribution >= 4 is 34.4 Å². The molecule has 1 amide bonds. The molecule has 3 atom stereocenters. The van der Waals surface area contributed by atoms with Gasteiger partial charge in [-0.15, -0.1) is 11.8 Å². The van der Waals surface area contributed by atoms with Crippen molar-refractivity contribution in [2.75, 3.05) is 7.11 Å². The number of amides is 1. The molecule has 0 radical (unpaired) electrons. The van der Waals surface area contributed by atoms with Crippen molar-refractivity contribution < 1.29 is 9.53 Å². The monoisotopic (exact) mass is 595 g/mol. The Morgan fingerprint density at radius 3 is 1.86 bits per heavy atom. The van der Waals surface area contributed by atoms with Gasteiger partial charge in [0.05, 0.1) is 25.2 Å². The molecule has 0 spiro atoms. The van der Waals surface area contributed by atoms with E-state index in [1.165, 1.54) is 0 Å². The highest BCUT2D eigenvalue weighted by molar-refractivity contribution is 8.01. The van der Waals surface area contributed by atoms with Gasteiger partial charge in [-0.1, -0.05) is 115 Å². The maximum Gasteiger partial charge on any atom is 0.244 e. The second-order valence-electron chi connectivity index (χ2n) is 11.2. The summed E-state index contributed by atoms with van der Waals surface area (Å²) in [4.78, 5) is 20.7. The Labute approximate surface area is 257 Å². The van der Waals surface area contributed by atoms with Gasteiger partial charge in [0.1, 0.15) is 22.3 Å². The summed E-state index contributed by atoms with van der Waals surface area (Å²) in [6.07, 6.45) is 0. The van der Waals surface area contributed by atoms with Crippen molar-refractivity contribution in [2.24, 2.45) is 4.99 Å². The van der Waals surface area contributed by atoms with Crippen molar-refractivity contribution in [2.45, 2.75) is 48.1 Å². The summed E-state index contributed by atoms with van der Waals surface area (Å²) in [7, 11) is 1.65. The molecule has 0 bridgehead atoms. The van der Waals surface area contributed by atoms with E-state index in [0.717, 1.165) is 28.0 Å². The molecule has 2 fully saturated rings. The summed E-state index contributed by atoms with van der Waals surface area (Å²) in [6, 6.07) is 38.2. The molecule has 7 heteroatoms. The Morgan fingerprint density at radius 2 is 1.38 bits per heavy atom. The summed E-state index contributed by atoms with van der Waals surface area (Å²) in [5.41, 5.74) is 3.53. The van der Waals surface area contributed by atoms with Crippen LogP contribution in [0.15, 0.2) is 120 Å². The van der Waals surface area contributed by atoms with Crippen LogP contribution in [0.1, 0.15) is 36.1 Å². The third kappa shape index (κ3) is 5.02. The van der Waals surface area contributed by atoms with Gasteiger partial charge < -0.3 is 9.64 Å². The highest BCUT2D eigenvalue weighted by atomic mass is 35.5. The molecule has 2 aliphatic rings. The molecular weight excluding hydrogens is 562 g/mol. The number of β-lactam (4-membered cyclic amide) rings is 1. The normalized spacial score (nSPS) is 21.5. The lowest BCUT2D eigenvalue weighted by molar-refractivity contribution is -0.147. The van der Waals surface area contributed by atoms with Gasteiger partial charge in [-0.2, -0.15) is 0 Å². The van der Waals surface area contributed by atoms with E-state index in [0.29, 0.717) is 11.7 Å². The maximum atomic E-state index is 14.1. The lowest BCUT2D eigenvalue weighted by Crippen LogP contribution is -2.72. The molecule has 4 aromatic rings. The average molecular weight is 596 g/mol. The van der Waals surface area contributed by atoms with E-state index in [1.54, 1.807) is 18.9 Å². The first kappa shape index (κ1) is 28.5. The van der Waals surface area contributed by atoms with Crippen molar-refractivity contribution in [1.82, 2.24) is 10.2 Å². The molecular formula is C35H34ClN3O2S. The number of nitrogens with zero attached hydrogens (tertiary/aromatic N) is 2. The molecule has 0 aromatic heterocycles. The zero-order chi connectivity index (χ0) is 29.3. The lowest BCUT2D eigenvalue weighted by atomic mass is 9.76. The van der Waals surface area contributed by atoms with Crippen molar-refractivity contribution in [3.8, 4) is 5.75 Å². The van der Waals surface area contributed by atoms with E-state index in [1.807, 2.05) is 47.4 Å². The molecule has 2 saturated heterocycles. The van der Waals surface area contributed by atoms with E-state index in [9.17, 15) is 4.79 Å². The molecule has 4 aromatic carbocycles. The minimum atomic E-state index is -0.731. The van der Waals surface area contributed by atoms with Crippen LogP contribution in [0.25, 0.3) is 0 Å². The number of rotatable bonds is 9. The molecule has 0 aliphatic carbocycles. The van der Waals surface area contributed by atoms with Gasteiger partial charge in [-0.3, -0.25) is 15.1 Å². The first-order chi connectivity index (χ1) is 20.3. The maximum absolute atomic E-state index is 14.1. The number of nitrogens with one attached hydrogen (secondary N) is 1. The molecule has 42 heavy (non-hydrogen) atoms. The Hall–Kier alpha value is -3.58. The minimum Gasteiger partial charge on any atom is -0.497 e. The van der Waals surface area contributed by atoms with Crippen molar-refractivity contribution in [1.29, 1.82) is 0 Å². The average Bonchev–Trinajstić information content (AvgIpc) is 3.29. The van der Waals surface area contributed by atoms with Gasteiger partial charge in [0, 0.05) is 4.75 Å². The summed E-state index contributed by atoms with van der Waals surface area (Å²) >= 11 is 8.69. The number of benzene rings is 4. The van der Waals surface area contributed by atoms with E-state index in [4.69, 9.17) is 21.3 Å². The van der Waals surface area contributed by atoms with Gasteiger partial charge >= 0.3 is 0 Å². The third-order valence-electron chi connectivity index (χ3n) is 8.23. The first-order valence-electron chi connectivity index (χ1n) is 14.1. The number of methoxy groups -OCH3 is 1. The quantitative estimate of drug-likeness (QED) is 0.131. The van der Waals surface area contributed by atoms with Gasteiger partial charge in [-0.25, -0.2) is 0 Å². The number of carbonyl (C=O) groups is 1. The SMILES string of the molecule is COc1ccc(CN=C(Cl)C2N3C(=O)C(NC(c4ccccc4)(c4ccccc4)c4ccccc4)[C@@H]3SC2(C)C)cc1. The molecule has 2 aliphatic heterocycles. The molecule has 2 unspecified atom stereocenters. The number of hydrogen-bond acceptors (Lipinski definition) is 5. The second kappa shape index (κ2) is 11.6. The van der Waals surface area contributed by atoms with E-state index < -0.39 is 11.6 Å². The number of thioether (sulfide) groups is 1. The van der Waals surface area contributed by atoms with Crippen LogP contribution in [-0.4, -0.2) is 45.3 Å². The standard InChI is InChI=1S/C35H34ClN3O2S/c1-34(2)30(31(36)37-23-24-19-21-28(41-3)22-20-24)39-32(40)29(33(39)42-34)38-35(25-13-7-4-8-14-25,26-15-9-5-10-16-26)27-17-11-6-12-18-27/h4-22,29-30,33,38H,23H2,1-3H3/t29?,30?,33-/m0/s1. The lowest BCUT2D eigenvalue weighted by Gasteiger charge is -2.49. The smallest absolute Gasteiger partial charge is 0.244 e. The van der Waals surface area contributed by atoms with Crippen LogP contribution in [0, 0.1) is 0 Å². The first-order valence-corrected chi connectivity index (χ1v) is 15.4. The highest BCUT2D eigenvalue weighted by Gasteiger charge is 2.64. The Balaban J connectivity index is 1.33. The molecule has 6 rings (SSSR count). The fourth-order valence-electron chi connectivity index (χ4n) is 6.16. The van der Waals surface area contributed by atoms with Crippen molar-refractivity contribution in [3.05, 3.63) is 138 Å². The second-order valence-corrected chi connectivity index (χ2v) is 13.4. The Bertz CT molecular complexity index is 1470. The van der Waals surface area contributed by atoms with Crippen LogP contribution in [-0.2, 0) is 16.9 Å². The van der Waals surface area contributed by atoms with E-state index in [2.05, 4.69) is 92.0 Å². The largest absolute Gasteiger partial charge is 0.497 e. The zero-order valence-corrected chi connectivity index (χ0v) is 25.5. The molecule has 5 nitrogen and oxygen atoms in total. The number of carbonyl (C=O) groups excluding carboxylic acids is 1. The van der Waals surface area contributed by atoms with Crippen LogP contribution in [0.4, 0.5) is 0 Å². The number of ether oxygens (including phenoxy) is 1. The number of aliphatic imine (C=N–C) groups is 1. The van der Waals surface area contributed by atoms with Gasteiger partial charge in [-0.05, 0) is 48.2 Å². The number of hydrogen-bond donors (Lipinski definition) is 1. The van der Waals surface area contributed by atoms with E-state index >= 15 is 0 Å². The van der Waals surface area contributed by atoms with Crippen LogP contribution in [0.5, 0.6) is 5.75 Å². The highest BCUT2D eigenvalue weighted by Crippen LogP contribution is 2.53. The number of fused-ring (bicyclic) bond motifs is 1. The Kier molecular flexibility index (Phi) is 7.88. The predicted octanol–water partition coefficient (Wildman–Crippen LogP) is 6.85. The van der Waals surface area contributed by atoms with Crippen LogP contribution < -0.4 is 10.1 Å². The summed E-state index contributed by atoms with van der Waals surface area (Å²) < 4.78 is 4.95. The summed E-state index contributed by atoms with van der Waals surface area (Å²) in [6.45, 7) is 4.73. The molecule has 0 saturated carbocycles.